The number of hydrogen-bond acceptors (Lipinski definition) is 3. The lowest BCUT2D eigenvalue weighted by Gasteiger charge is -2.31. The van der Waals surface area contributed by atoms with Crippen LogP contribution in [0.15, 0.2) is 18.2 Å². The number of rotatable bonds is 3. The molecule has 0 spiro atoms. The van der Waals surface area contributed by atoms with Gasteiger partial charge in [-0.15, -0.1) is 0 Å². The molecule has 2 rings (SSSR count). The maximum atomic E-state index is 9.20. The third-order valence-electron chi connectivity index (χ3n) is 3.14. The van der Waals surface area contributed by atoms with Crippen LogP contribution in [-0.2, 0) is 0 Å². The Labute approximate surface area is 102 Å². The van der Waals surface area contributed by atoms with Crippen molar-refractivity contribution in [3.05, 3.63) is 29.3 Å². The fourth-order valence-corrected chi connectivity index (χ4v) is 2.02. The van der Waals surface area contributed by atoms with Gasteiger partial charge in [-0.25, -0.2) is 0 Å². The Kier molecular flexibility index (Phi) is 3.35. The van der Waals surface area contributed by atoms with Gasteiger partial charge in [0.05, 0.1) is 17.7 Å². The van der Waals surface area contributed by atoms with Gasteiger partial charge in [0.15, 0.2) is 0 Å². The fraction of sp³-hybridized carbons (Fsp3) is 0.500. The smallest absolute Gasteiger partial charge is 0.120 e. The van der Waals surface area contributed by atoms with Gasteiger partial charge in [-0.1, -0.05) is 13.8 Å². The minimum Gasteiger partial charge on any atom is -0.490 e. The van der Waals surface area contributed by atoms with Crippen molar-refractivity contribution in [3.8, 4) is 11.8 Å². The molecule has 1 aliphatic rings. The zero-order valence-electron chi connectivity index (χ0n) is 10.2. The summed E-state index contributed by atoms with van der Waals surface area (Å²) in [5.41, 5.74) is 1.73. The van der Waals surface area contributed by atoms with Gasteiger partial charge >= 0.3 is 0 Å². The zero-order valence-corrected chi connectivity index (χ0v) is 10.2. The molecule has 1 N–H and O–H groups in total. The molecule has 0 aromatic heterocycles. The topological polar surface area (TPSA) is 53.2 Å². The minimum atomic E-state index is -0.206. The summed E-state index contributed by atoms with van der Waals surface area (Å²) in [5.74, 6) is 1.10. The third-order valence-corrected chi connectivity index (χ3v) is 3.14. The van der Waals surface area contributed by atoms with Crippen molar-refractivity contribution in [2.24, 2.45) is 0 Å². The van der Waals surface area contributed by atoms with E-state index in [2.05, 4.69) is 19.9 Å². The maximum absolute atomic E-state index is 9.20. The van der Waals surface area contributed by atoms with Crippen molar-refractivity contribution in [2.75, 3.05) is 0 Å². The van der Waals surface area contributed by atoms with E-state index in [0.717, 1.165) is 11.3 Å². The normalized spacial score (nSPS) is 23.0. The number of aliphatic hydroxyl groups excluding tert-OH is 1. The molecular formula is C14H17NO2. The molecule has 0 amide bonds. The van der Waals surface area contributed by atoms with Crippen molar-refractivity contribution in [1.82, 2.24) is 0 Å². The second kappa shape index (κ2) is 4.77. The lowest BCUT2D eigenvalue weighted by atomic mass is 9.92. The van der Waals surface area contributed by atoms with Crippen molar-refractivity contribution in [3.63, 3.8) is 0 Å². The van der Waals surface area contributed by atoms with Crippen LogP contribution >= 0.6 is 0 Å². The summed E-state index contributed by atoms with van der Waals surface area (Å²) < 4.78 is 5.74. The van der Waals surface area contributed by atoms with Gasteiger partial charge in [0.1, 0.15) is 11.9 Å². The van der Waals surface area contributed by atoms with E-state index < -0.39 is 0 Å². The second-order valence-corrected chi connectivity index (χ2v) is 4.88. The van der Waals surface area contributed by atoms with Crippen LogP contribution < -0.4 is 4.74 Å². The molecule has 3 nitrogen and oxygen atoms in total. The van der Waals surface area contributed by atoms with E-state index in [1.54, 1.807) is 6.07 Å². The van der Waals surface area contributed by atoms with Crippen molar-refractivity contribution < 1.29 is 9.84 Å². The molecule has 0 bridgehead atoms. The highest BCUT2D eigenvalue weighted by Gasteiger charge is 2.29. The molecular weight excluding hydrogens is 214 g/mol. The number of hydrogen-bond donors (Lipinski definition) is 1. The van der Waals surface area contributed by atoms with Crippen LogP contribution in [0.5, 0.6) is 5.75 Å². The first-order valence-corrected chi connectivity index (χ1v) is 5.99. The van der Waals surface area contributed by atoms with Gasteiger partial charge in [0.25, 0.3) is 0 Å². The van der Waals surface area contributed by atoms with Crippen molar-refractivity contribution >= 4 is 0 Å². The highest BCUT2D eigenvalue weighted by Crippen LogP contribution is 2.29. The summed E-state index contributed by atoms with van der Waals surface area (Å²) in [6, 6.07) is 7.77. The van der Waals surface area contributed by atoms with E-state index in [9.17, 15) is 5.11 Å². The van der Waals surface area contributed by atoms with Crippen LogP contribution in [0, 0.1) is 11.3 Å². The first kappa shape index (κ1) is 11.9. The minimum absolute atomic E-state index is 0.123. The highest BCUT2D eigenvalue weighted by atomic mass is 16.5. The Morgan fingerprint density at radius 2 is 2.12 bits per heavy atom. The molecule has 0 unspecified atom stereocenters. The van der Waals surface area contributed by atoms with E-state index in [4.69, 9.17) is 10.00 Å². The van der Waals surface area contributed by atoms with Crippen LogP contribution in [0.1, 0.15) is 43.7 Å². The van der Waals surface area contributed by atoms with E-state index in [1.807, 2.05) is 12.1 Å². The van der Waals surface area contributed by atoms with E-state index in [0.29, 0.717) is 24.3 Å². The summed E-state index contributed by atoms with van der Waals surface area (Å²) >= 11 is 0. The van der Waals surface area contributed by atoms with Crippen molar-refractivity contribution in [2.45, 2.75) is 44.8 Å². The summed E-state index contributed by atoms with van der Waals surface area (Å²) in [7, 11) is 0. The van der Waals surface area contributed by atoms with Gasteiger partial charge in [-0.3, -0.25) is 0 Å². The van der Waals surface area contributed by atoms with Gasteiger partial charge in [-0.2, -0.15) is 5.26 Å². The molecule has 0 saturated heterocycles. The number of ether oxygens (including phenoxy) is 1. The average Bonchev–Trinajstić information content (AvgIpc) is 2.27. The molecule has 3 heteroatoms. The van der Waals surface area contributed by atoms with Crippen molar-refractivity contribution in [1.29, 1.82) is 5.26 Å². The molecule has 0 heterocycles. The van der Waals surface area contributed by atoms with Gasteiger partial charge < -0.3 is 9.84 Å². The Hall–Kier alpha value is -1.53. The number of nitriles is 1. The molecule has 90 valence electrons. The van der Waals surface area contributed by atoms with E-state index in [1.165, 1.54) is 0 Å². The summed E-state index contributed by atoms with van der Waals surface area (Å²) in [6.45, 7) is 4.13. The third kappa shape index (κ3) is 2.59. The fourth-order valence-electron chi connectivity index (χ4n) is 2.02. The molecule has 0 atom stereocenters. The Morgan fingerprint density at radius 1 is 1.41 bits per heavy atom. The predicted molar refractivity (Wildman–Crippen MR) is 64.9 cm³/mol. The lowest BCUT2D eigenvalue weighted by molar-refractivity contribution is -0.0108. The van der Waals surface area contributed by atoms with Crippen LogP contribution in [-0.4, -0.2) is 17.3 Å². The first-order chi connectivity index (χ1) is 8.10. The Morgan fingerprint density at radius 3 is 2.65 bits per heavy atom. The van der Waals surface area contributed by atoms with Gasteiger partial charge in [-0.05, 0) is 29.7 Å². The predicted octanol–water partition coefficient (Wildman–Crippen LogP) is 2.58. The monoisotopic (exact) mass is 231 g/mol. The average molecular weight is 231 g/mol. The van der Waals surface area contributed by atoms with E-state index >= 15 is 0 Å². The summed E-state index contributed by atoms with van der Waals surface area (Å²) in [5, 5.41) is 18.2. The van der Waals surface area contributed by atoms with E-state index in [-0.39, 0.29) is 12.2 Å². The number of nitrogens with zero attached hydrogens (tertiary/aromatic N) is 1. The molecule has 1 aromatic carbocycles. The summed E-state index contributed by atoms with van der Waals surface area (Å²) in [6.07, 6.45) is 1.33. The molecule has 17 heavy (non-hydrogen) atoms. The molecule has 1 fully saturated rings. The standard InChI is InChI=1S/C14H17NO2/c1-9(2)14-7-12(4-3-10(14)8-15)17-13-5-11(16)6-13/h3-4,7,9,11,13,16H,5-6H2,1-2H3/t11-,13+. The van der Waals surface area contributed by atoms with Gasteiger partial charge in [0, 0.05) is 12.8 Å². The van der Waals surface area contributed by atoms with Crippen LogP contribution in [0.25, 0.3) is 0 Å². The molecule has 1 saturated carbocycles. The summed E-state index contributed by atoms with van der Waals surface area (Å²) in [4.78, 5) is 0. The molecule has 1 aliphatic carbocycles. The molecule has 1 aromatic rings. The Balaban J connectivity index is 2.14. The number of benzene rings is 1. The van der Waals surface area contributed by atoms with Gasteiger partial charge in [0.2, 0.25) is 0 Å². The van der Waals surface area contributed by atoms with Crippen LogP contribution in [0.4, 0.5) is 0 Å². The highest BCUT2D eigenvalue weighted by molar-refractivity contribution is 5.44. The Bertz CT molecular complexity index is 442. The maximum Gasteiger partial charge on any atom is 0.120 e. The lowest BCUT2D eigenvalue weighted by Crippen LogP contribution is -2.37. The quantitative estimate of drug-likeness (QED) is 0.869. The largest absolute Gasteiger partial charge is 0.490 e. The van der Waals surface area contributed by atoms with Crippen LogP contribution in [0.2, 0.25) is 0 Å². The molecule has 0 aliphatic heterocycles. The SMILES string of the molecule is CC(C)c1cc(O[C@H]2C[C@@H](O)C2)ccc1C#N. The first-order valence-electron chi connectivity index (χ1n) is 5.99. The second-order valence-electron chi connectivity index (χ2n) is 4.88. The molecule has 0 radical (unpaired) electrons. The zero-order chi connectivity index (χ0) is 12.4. The number of aliphatic hydroxyl groups is 1. The van der Waals surface area contributed by atoms with Crippen LogP contribution in [0.3, 0.4) is 0 Å².